The first-order chi connectivity index (χ1) is 30.1. The van der Waals surface area contributed by atoms with Gasteiger partial charge in [0.2, 0.25) is 20.0 Å². The van der Waals surface area contributed by atoms with E-state index in [1.807, 2.05) is 12.1 Å². The molecule has 2 amide bonds. The van der Waals surface area contributed by atoms with E-state index in [1.165, 1.54) is 27.4 Å². The Morgan fingerprint density at radius 2 is 1.05 bits per heavy atom. The van der Waals surface area contributed by atoms with Crippen molar-refractivity contribution in [1.82, 2.24) is 39.2 Å². The number of hydrogen-bond donors (Lipinski definition) is 0. The fourth-order valence-electron chi connectivity index (χ4n) is 6.71. The lowest BCUT2D eigenvalue weighted by molar-refractivity contribution is 0.0564. The molecular formula is C40H46Br2N12O8S2. The maximum Gasteiger partial charge on any atom is 0.416 e. The summed E-state index contributed by atoms with van der Waals surface area (Å²) in [5.41, 5.74) is 0.846. The molecule has 0 unspecified atom stereocenters. The van der Waals surface area contributed by atoms with Gasteiger partial charge in [0.05, 0.1) is 45.9 Å². The van der Waals surface area contributed by atoms with E-state index in [2.05, 4.69) is 62.0 Å². The number of aromatic nitrogens is 8. The summed E-state index contributed by atoms with van der Waals surface area (Å²) in [6.07, 6.45) is 9.51. The highest BCUT2D eigenvalue weighted by molar-refractivity contribution is 9.11. The molecule has 0 bridgehead atoms. The summed E-state index contributed by atoms with van der Waals surface area (Å²) in [4.78, 5) is 46.6. The monoisotopic (exact) mass is 1040 g/mol. The van der Waals surface area contributed by atoms with Crippen LogP contribution in [0.2, 0.25) is 0 Å². The first-order valence-corrected chi connectivity index (χ1v) is 24.8. The number of sulfonamides is 2. The number of pyridine rings is 2. The summed E-state index contributed by atoms with van der Waals surface area (Å²) in [5, 5.41) is 8.68. The molecule has 0 aliphatic carbocycles. The van der Waals surface area contributed by atoms with Crippen LogP contribution < -0.4 is 18.4 Å². The number of anilines is 4. The molecule has 0 N–H and O–H groups in total. The van der Waals surface area contributed by atoms with Crippen molar-refractivity contribution in [1.29, 1.82) is 0 Å². The average Bonchev–Trinajstić information content (AvgIpc) is 3.99. The molecule has 0 spiro atoms. The van der Waals surface area contributed by atoms with Crippen molar-refractivity contribution in [2.24, 2.45) is 0 Å². The van der Waals surface area contributed by atoms with Gasteiger partial charge < -0.3 is 9.47 Å². The van der Waals surface area contributed by atoms with Gasteiger partial charge in [-0.25, -0.2) is 36.4 Å². The number of fused-ring (bicyclic) bond motifs is 2. The number of amides is 2. The van der Waals surface area contributed by atoms with Gasteiger partial charge in [0.15, 0.2) is 11.3 Å². The molecule has 0 aromatic carbocycles. The zero-order valence-electron chi connectivity index (χ0n) is 35.8. The minimum Gasteiger partial charge on any atom is -0.443 e. The summed E-state index contributed by atoms with van der Waals surface area (Å²) in [7, 11) is -6.95. The number of hydrogen-bond acceptors (Lipinski definition) is 14. The van der Waals surface area contributed by atoms with Gasteiger partial charge in [-0.15, -0.1) is 0 Å². The zero-order valence-corrected chi connectivity index (χ0v) is 40.6. The van der Waals surface area contributed by atoms with Crippen molar-refractivity contribution in [2.45, 2.75) is 78.7 Å². The number of nitrogens with zero attached hydrogens (tertiary/aromatic N) is 12. The Labute approximate surface area is 387 Å². The fourth-order valence-corrected chi connectivity index (χ4v) is 10.4. The third kappa shape index (κ3) is 10.6. The Kier molecular flexibility index (Phi) is 13.2. The third-order valence-electron chi connectivity index (χ3n) is 9.41. The number of carbonyl (C=O) groups is 2. The standard InChI is InChI=1S/2C20H23BrN6O4S/c2*1-20(2,3)31-19(28)25(13-14-6-4-7-22-11-14)17-10-16(26-8-5-9-32(26,29)30)24-18-15(21)12-23-27(17)18/h2*4,6-7,10-12H,5,8-9,13H2,1-3H3. The van der Waals surface area contributed by atoms with Crippen LogP contribution in [0.4, 0.5) is 32.9 Å². The maximum absolute atomic E-state index is 13.3. The van der Waals surface area contributed by atoms with Crippen molar-refractivity contribution in [3.63, 3.8) is 0 Å². The number of carbonyl (C=O) groups excluding carboxylic acids is 2. The molecule has 64 heavy (non-hydrogen) atoms. The molecule has 24 heteroatoms. The fraction of sp³-hybridized carbons (Fsp3) is 0.400. The van der Waals surface area contributed by atoms with Crippen LogP contribution in [0.15, 0.2) is 82.5 Å². The van der Waals surface area contributed by atoms with Crippen molar-refractivity contribution in [2.75, 3.05) is 43.0 Å². The normalized spacial score (nSPS) is 15.8. The second kappa shape index (κ2) is 18.2. The quantitative estimate of drug-likeness (QED) is 0.154. The summed E-state index contributed by atoms with van der Waals surface area (Å²) in [5.74, 6) is 1.23. The van der Waals surface area contributed by atoms with Crippen LogP contribution in [0, 0.1) is 0 Å². The molecule has 2 aliphatic heterocycles. The molecular weight excluding hydrogens is 1000 g/mol. The average molecular weight is 1050 g/mol. The third-order valence-corrected chi connectivity index (χ3v) is 14.2. The summed E-state index contributed by atoms with van der Waals surface area (Å²) >= 11 is 6.83. The highest BCUT2D eigenvalue weighted by Gasteiger charge is 2.35. The van der Waals surface area contributed by atoms with Crippen LogP contribution in [0.5, 0.6) is 0 Å². The van der Waals surface area contributed by atoms with E-state index in [9.17, 15) is 26.4 Å². The first-order valence-electron chi connectivity index (χ1n) is 20.0. The summed E-state index contributed by atoms with van der Waals surface area (Å²) in [6, 6.07) is 10.3. The Hall–Kier alpha value is -5.46. The molecule has 0 saturated carbocycles. The Balaban J connectivity index is 0.000000191. The summed E-state index contributed by atoms with van der Waals surface area (Å²) in [6.45, 7) is 11.6. The van der Waals surface area contributed by atoms with Crippen LogP contribution in [-0.2, 0) is 42.6 Å². The molecule has 20 nitrogen and oxygen atoms in total. The van der Waals surface area contributed by atoms with Gasteiger partial charge >= 0.3 is 12.2 Å². The Morgan fingerprint density at radius 1 is 0.656 bits per heavy atom. The van der Waals surface area contributed by atoms with Crippen molar-refractivity contribution >= 4 is 98.7 Å². The van der Waals surface area contributed by atoms with Gasteiger partial charge in [0.1, 0.15) is 34.5 Å². The Bertz CT molecular complexity index is 2710. The topological polar surface area (TPSA) is 220 Å². The number of halogens is 2. The molecule has 0 atom stereocenters. The SMILES string of the molecule is CC(C)(C)OC(=O)N(Cc1cccnc1)c1cc(N2CCCS2(=O)=O)nc2c(Br)cnn12.CC(C)(C)OC(=O)N(Cc1cccnc1)c1cc(N2CCCS2(=O)=O)nc2c(Br)cnn12. The Morgan fingerprint density at radius 3 is 1.36 bits per heavy atom. The zero-order chi connectivity index (χ0) is 46.2. The van der Waals surface area contributed by atoms with Crippen molar-refractivity contribution in [3.05, 3.63) is 93.7 Å². The van der Waals surface area contributed by atoms with E-state index < -0.39 is 43.4 Å². The minimum atomic E-state index is -3.47. The van der Waals surface area contributed by atoms with E-state index in [0.717, 1.165) is 11.1 Å². The summed E-state index contributed by atoms with van der Waals surface area (Å²) < 4.78 is 68.2. The lowest BCUT2D eigenvalue weighted by atomic mass is 10.2. The van der Waals surface area contributed by atoms with Crippen LogP contribution in [0.25, 0.3) is 11.3 Å². The highest BCUT2D eigenvalue weighted by atomic mass is 79.9. The molecule has 2 fully saturated rings. The van der Waals surface area contributed by atoms with E-state index in [-0.39, 0.29) is 36.2 Å². The molecule has 0 radical (unpaired) electrons. The molecule has 8 heterocycles. The molecule has 340 valence electrons. The van der Waals surface area contributed by atoms with E-state index in [4.69, 9.17) is 9.47 Å². The predicted octanol–water partition coefficient (Wildman–Crippen LogP) is 6.74. The van der Waals surface area contributed by atoms with Crippen LogP contribution in [-0.4, -0.2) is 104 Å². The lowest BCUT2D eigenvalue weighted by Gasteiger charge is -2.28. The largest absolute Gasteiger partial charge is 0.443 e. The van der Waals surface area contributed by atoms with Crippen LogP contribution >= 0.6 is 31.9 Å². The van der Waals surface area contributed by atoms with Crippen molar-refractivity contribution in [3.8, 4) is 0 Å². The van der Waals surface area contributed by atoms with Gasteiger partial charge in [-0.1, -0.05) is 12.1 Å². The maximum atomic E-state index is 13.3. The van der Waals surface area contributed by atoms with Gasteiger partial charge in [-0.2, -0.15) is 19.2 Å². The van der Waals surface area contributed by atoms with E-state index in [1.54, 1.807) is 103 Å². The molecule has 2 aliphatic rings. The van der Waals surface area contributed by atoms with Crippen molar-refractivity contribution < 1.29 is 35.9 Å². The molecule has 6 aromatic heterocycles. The highest BCUT2D eigenvalue weighted by Crippen LogP contribution is 2.33. The van der Waals surface area contributed by atoms with E-state index >= 15 is 0 Å². The van der Waals surface area contributed by atoms with Gasteiger partial charge in [-0.3, -0.25) is 28.4 Å². The van der Waals surface area contributed by atoms with Gasteiger partial charge in [0.25, 0.3) is 0 Å². The number of rotatable bonds is 8. The molecule has 6 aromatic rings. The van der Waals surface area contributed by atoms with E-state index in [0.29, 0.717) is 57.8 Å². The second-order valence-corrected chi connectivity index (χ2v) is 22.5. The second-order valence-electron chi connectivity index (χ2n) is 16.7. The smallest absolute Gasteiger partial charge is 0.416 e. The van der Waals surface area contributed by atoms with Crippen LogP contribution in [0.3, 0.4) is 0 Å². The minimum absolute atomic E-state index is 0.0566. The predicted molar refractivity (Wildman–Crippen MR) is 246 cm³/mol. The lowest BCUT2D eigenvalue weighted by Crippen LogP contribution is -2.38. The molecule has 2 saturated heterocycles. The molecule has 8 rings (SSSR count). The van der Waals surface area contributed by atoms with Crippen LogP contribution in [0.1, 0.15) is 65.5 Å². The number of ether oxygens (including phenoxy) is 2. The first kappa shape index (κ1) is 46.5. The van der Waals surface area contributed by atoms with Gasteiger partial charge in [-0.05, 0) is 110 Å². The van der Waals surface area contributed by atoms with Gasteiger partial charge in [0, 0.05) is 50.0 Å².